The van der Waals surface area contributed by atoms with Crippen molar-refractivity contribution in [2.45, 2.75) is 40.8 Å². The molecule has 9 nitrogen and oxygen atoms in total. The highest BCUT2D eigenvalue weighted by Crippen LogP contribution is 2.22. The molecule has 3 heterocycles. The fourth-order valence-electron chi connectivity index (χ4n) is 3.92. The number of fused-ring (bicyclic) bond motifs is 1. The number of ether oxygens (including phenoxy) is 1. The average Bonchev–Trinajstić information content (AvgIpc) is 3.26. The van der Waals surface area contributed by atoms with Gasteiger partial charge in [0.05, 0.1) is 25.4 Å². The third-order valence-corrected chi connectivity index (χ3v) is 6.16. The lowest BCUT2D eigenvalue weighted by molar-refractivity contribution is 0.184. The van der Waals surface area contributed by atoms with E-state index >= 15 is 0 Å². The highest BCUT2D eigenvalue weighted by molar-refractivity contribution is 5.73. The molecule has 0 saturated carbocycles. The van der Waals surface area contributed by atoms with E-state index in [4.69, 9.17) is 9.72 Å². The van der Waals surface area contributed by atoms with Gasteiger partial charge in [-0.3, -0.25) is 18.5 Å². The van der Waals surface area contributed by atoms with Gasteiger partial charge in [-0.2, -0.15) is 10.1 Å². The molecule has 168 valence electrons. The summed E-state index contributed by atoms with van der Waals surface area (Å²) in [6.07, 6.45) is 0. The third-order valence-electron chi connectivity index (χ3n) is 6.16. The minimum Gasteiger partial charge on any atom is -0.383 e. The number of hydrogen-bond acceptors (Lipinski definition) is 5. The minimum absolute atomic E-state index is 0.168. The molecule has 0 radical (unpaired) electrons. The Bertz CT molecular complexity index is 1440. The van der Waals surface area contributed by atoms with Crippen LogP contribution in [0.2, 0.25) is 0 Å². The molecule has 3 aromatic heterocycles. The summed E-state index contributed by atoms with van der Waals surface area (Å²) in [5.74, 6) is 0.508. The molecule has 0 aliphatic heterocycles. The Morgan fingerprint density at radius 1 is 1.03 bits per heavy atom. The van der Waals surface area contributed by atoms with Gasteiger partial charge >= 0.3 is 5.69 Å². The van der Waals surface area contributed by atoms with Crippen LogP contribution in [0.25, 0.3) is 17.1 Å². The zero-order valence-corrected chi connectivity index (χ0v) is 19.3. The van der Waals surface area contributed by atoms with Gasteiger partial charge in [-0.05, 0) is 44.4 Å². The van der Waals surface area contributed by atoms with Gasteiger partial charge in [0, 0.05) is 19.9 Å². The molecule has 0 unspecified atom stereocenters. The first-order valence-electron chi connectivity index (χ1n) is 10.5. The first-order chi connectivity index (χ1) is 15.3. The maximum Gasteiger partial charge on any atom is 0.332 e. The molecule has 0 saturated heterocycles. The quantitative estimate of drug-likeness (QED) is 0.461. The predicted octanol–water partition coefficient (Wildman–Crippen LogP) is 2.01. The minimum atomic E-state index is -0.420. The Balaban J connectivity index is 2.09. The molecule has 0 N–H and O–H groups in total. The number of aryl methyl sites for hydroxylation is 3. The van der Waals surface area contributed by atoms with Gasteiger partial charge in [0.15, 0.2) is 11.2 Å². The highest BCUT2D eigenvalue weighted by atomic mass is 16.5. The zero-order chi connectivity index (χ0) is 23.2. The van der Waals surface area contributed by atoms with Gasteiger partial charge in [0.25, 0.3) is 5.56 Å². The van der Waals surface area contributed by atoms with E-state index in [0.29, 0.717) is 23.7 Å². The molecule has 0 amide bonds. The van der Waals surface area contributed by atoms with Crippen molar-refractivity contribution in [3.63, 3.8) is 0 Å². The highest BCUT2D eigenvalue weighted by Gasteiger charge is 2.23. The van der Waals surface area contributed by atoms with E-state index in [2.05, 4.69) is 5.10 Å². The molecule has 4 aromatic rings. The largest absolute Gasteiger partial charge is 0.383 e. The van der Waals surface area contributed by atoms with Gasteiger partial charge in [-0.15, -0.1) is 0 Å². The maximum atomic E-state index is 13.5. The SMILES string of the molecule is COCCn1c(=O)c2c(nc(-n3nc(C)c(C)c3C)n2Cc2ccccc2C)n(C)c1=O. The van der Waals surface area contributed by atoms with Crippen LogP contribution in [0.15, 0.2) is 33.9 Å². The number of benzene rings is 1. The van der Waals surface area contributed by atoms with Crippen molar-refractivity contribution in [3.8, 4) is 5.95 Å². The second-order valence-electron chi connectivity index (χ2n) is 8.10. The molecule has 4 rings (SSSR count). The topological polar surface area (TPSA) is 88.9 Å². The average molecular weight is 437 g/mol. The fourth-order valence-corrected chi connectivity index (χ4v) is 3.92. The number of imidazole rings is 1. The Labute approximate surface area is 185 Å². The molecule has 0 aliphatic rings. The molecule has 0 bridgehead atoms. The van der Waals surface area contributed by atoms with Gasteiger partial charge in [0.1, 0.15) is 0 Å². The summed E-state index contributed by atoms with van der Waals surface area (Å²) >= 11 is 0. The van der Waals surface area contributed by atoms with Crippen LogP contribution in [0.1, 0.15) is 28.1 Å². The van der Waals surface area contributed by atoms with Crippen molar-refractivity contribution in [1.29, 1.82) is 0 Å². The van der Waals surface area contributed by atoms with Crippen molar-refractivity contribution in [1.82, 2.24) is 28.5 Å². The van der Waals surface area contributed by atoms with E-state index in [1.54, 1.807) is 18.8 Å². The van der Waals surface area contributed by atoms with Crippen LogP contribution < -0.4 is 11.2 Å². The Morgan fingerprint density at radius 3 is 2.38 bits per heavy atom. The molecule has 1 aromatic carbocycles. The van der Waals surface area contributed by atoms with Gasteiger partial charge in [-0.1, -0.05) is 24.3 Å². The van der Waals surface area contributed by atoms with Crippen LogP contribution in [0.5, 0.6) is 0 Å². The Kier molecular flexibility index (Phi) is 5.60. The fraction of sp³-hybridized carbons (Fsp3) is 0.391. The monoisotopic (exact) mass is 436 g/mol. The summed E-state index contributed by atoms with van der Waals surface area (Å²) in [5.41, 5.74) is 4.95. The predicted molar refractivity (Wildman–Crippen MR) is 123 cm³/mol. The first kappa shape index (κ1) is 21.8. The van der Waals surface area contributed by atoms with Crippen LogP contribution in [-0.4, -0.2) is 42.2 Å². The lowest BCUT2D eigenvalue weighted by Gasteiger charge is -2.13. The first-order valence-corrected chi connectivity index (χ1v) is 10.5. The number of aromatic nitrogens is 6. The van der Waals surface area contributed by atoms with Gasteiger partial charge < -0.3 is 4.74 Å². The summed E-state index contributed by atoms with van der Waals surface area (Å²) in [6.45, 7) is 8.82. The van der Waals surface area contributed by atoms with Crippen LogP contribution in [0.3, 0.4) is 0 Å². The third kappa shape index (κ3) is 3.38. The summed E-state index contributed by atoms with van der Waals surface area (Å²) in [7, 11) is 3.18. The van der Waals surface area contributed by atoms with E-state index in [9.17, 15) is 9.59 Å². The van der Waals surface area contributed by atoms with E-state index < -0.39 is 5.69 Å². The number of rotatable bonds is 6. The second-order valence-corrected chi connectivity index (χ2v) is 8.10. The Hall–Kier alpha value is -3.46. The molecule has 0 atom stereocenters. The second kappa shape index (κ2) is 8.23. The standard InChI is InChI=1S/C23H28N6O3/c1-14-9-7-8-10-18(14)13-28-19-20(24-22(28)29-17(4)15(2)16(3)25-29)26(5)23(31)27(21(19)30)11-12-32-6/h7-10H,11-13H2,1-6H3. The smallest absolute Gasteiger partial charge is 0.332 e. The van der Waals surface area contributed by atoms with E-state index in [0.717, 1.165) is 28.1 Å². The van der Waals surface area contributed by atoms with Gasteiger partial charge in [0.2, 0.25) is 5.95 Å². The lowest BCUT2D eigenvalue weighted by atomic mass is 10.1. The van der Waals surface area contributed by atoms with Crippen molar-refractivity contribution < 1.29 is 4.74 Å². The number of nitrogens with zero attached hydrogens (tertiary/aromatic N) is 6. The molecule has 32 heavy (non-hydrogen) atoms. The van der Waals surface area contributed by atoms with Crippen molar-refractivity contribution in [3.05, 3.63) is 73.2 Å². The van der Waals surface area contributed by atoms with Crippen molar-refractivity contribution >= 4 is 11.2 Å². The normalized spacial score (nSPS) is 11.6. The number of methoxy groups -OCH3 is 1. The van der Waals surface area contributed by atoms with Crippen LogP contribution in [0.4, 0.5) is 0 Å². The molecule has 0 spiro atoms. The van der Waals surface area contributed by atoms with Gasteiger partial charge in [-0.25, -0.2) is 9.48 Å². The summed E-state index contributed by atoms with van der Waals surface area (Å²) in [5, 5.41) is 4.67. The summed E-state index contributed by atoms with van der Waals surface area (Å²) in [4.78, 5) is 31.2. The molecule has 0 fully saturated rings. The van der Waals surface area contributed by atoms with Crippen molar-refractivity contribution in [2.75, 3.05) is 13.7 Å². The molecular formula is C23H28N6O3. The Morgan fingerprint density at radius 2 is 1.75 bits per heavy atom. The van der Waals surface area contributed by atoms with E-state index in [1.807, 2.05) is 56.5 Å². The van der Waals surface area contributed by atoms with E-state index in [-0.39, 0.29) is 18.7 Å². The number of hydrogen-bond donors (Lipinski definition) is 0. The van der Waals surface area contributed by atoms with Crippen LogP contribution >= 0.6 is 0 Å². The lowest BCUT2D eigenvalue weighted by Crippen LogP contribution is -2.40. The zero-order valence-electron chi connectivity index (χ0n) is 19.3. The molecular weight excluding hydrogens is 408 g/mol. The maximum absolute atomic E-state index is 13.5. The summed E-state index contributed by atoms with van der Waals surface area (Å²) in [6, 6.07) is 8.02. The van der Waals surface area contributed by atoms with E-state index in [1.165, 1.54) is 9.13 Å². The van der Waals surface area contributed by atoms with Crippen molar-refractivity contribution in [2.24, 2.45) is 7.05 Å². The molecule has 0 aliphatic carbocycles. The van der Waals surface area contributed by atoms with Crippen LogP contribution in [0, 0.1) is 27.7 Å². The summed E-state index contributed by atoms with van der Waals surface area (Å²) < 4.78 is 11.4. The van der Waals surface area contributed by atoms with Crippen LogP contribution in [-0.2, 0) is 24.9 Å². The molecule has 9 heteroatoms.